The van der Waals surface area contributed by atoms with Crippen molar-refractivity contribution in [1.29, 1.82) is 0 Å². The van der Waals surface area contributed by atoms with Crippen LogP contribution in [0.3, 0.4) is 0 Å². The van der Waals surface area contributed by atoms with Crippen LogP contribution in [0.5, 0.6) is 0 Å². The van der Waals surface area contributed by atoms with Gasteiger partial charge in [0.1, 0.15) is 0 Å². The second-order valence-electron chi connectivity index (χ2n) is 15.9. The maximum atomic E-state index is 13.7. The number of benzene rings is 2. The van der Waals surface area contributed by atoms with Gasteiger partial charge in [-0.25, -0.2) is 4.98 Å². The smallest absolute Gasteiger partial charge is 0.291 e. The largest absolute Gasteiger partial charge is 0.355 e. The van der Waals surface area contributed by atoms with Crippen LogP contribution < -0.4 is 21.3 Å². The number of fused-ring (bicyclic) bond motifs is 4. The summed E-state index contributed by atoms with van der Waals surface area (Å²) >= 11 is 13.9. The van der Waals surface area contributed by atoms with E-state index >= 15 is 0 Å². The zero-order valence-corrected chi connectivity index (χ0v) is 33.0. The Morgan fingerprint density at radius 2 is 1.64 bits per heavy atom. The summed E-state index contributed by atoms with van der Waals surface area (Å²) in [5, 5.41) is 17.4. The van der Waals surface area contributed by atoms with Crippen molar-refractivity contribution in [2.24, 2.45) is 18.4 Å². The van der Waals surface area contributed by atoms with E-state index in [1.807, 2.05) is 34.5 Å². The molecule has 4 heterocycles. The van der Waals surface area contributed by atoms with Crippen LogP contribution in [0.2, 0.25) is 10.0 Å². The molecule has 290 valence electrons. The molecule has 55 heavy (non-hydrogen) atoms. The van der Waals surface area contributed by atoms with Crippen LogP contribution in [-0.4, -0.2) is 68.1 Å². The number of aryl methyl sites for hydroxylation is 1. The van der Waals surface area contributed by atoms with Crippen LogP contribution in [0.25, 0.3) is 11.1 Å². The van der Waals surface area contributed by atoms with Gasteiger partial charge >= 0.3 is 0 Å². The third-order valence-electron chi connectivity index (χ3n) is 12.3. The minimum absolute atomic E-state index is 0.0253. The molecule has 0 saturated heterocycles. The lowest BCUT2D eigenvalue weighted by Crippen LogP contribution is -2.34. The predicted octanol–water partition coefficient (Wildman–Crippen LogP) is 6.98. The standard InChI is InChI=1S/C41H49Cl2N9O3/c1-25(53)44-17-18-45-29-10-5-19-52-35(29)22-32(49-52)39(54)47-30-8-3-6-27(36(30)42)28-7-4-9-31(37(28)43)48-40(55)38-46-33-24-51(20-13-34(33)50(38)2)21-16-41-14-11-26(23-41)12-15-41/h3-4,6-9,22,26,29,45H,5,10-21,23-24H2,1-2H3,(H,44,53)(H,47,54)(H,48,55). The molecule has 2 bridgehead atoms. The van der Waals surface area contributed by atoms with E-state index in [1.165, 1.54) is 45.4 Å². The van der Waals surface area contributed by atoms with Crippen LogP contribution in [0.15, 0.2) is 42.5 Å². The fourth-order valence-corrected chi connectivity index (χ4v) is 9.91. The zero-order valence-electron chi connectivity index (χ0n) is 31.5. The summed E-state index contributed by atoms with van der Waals surface area (Å²) in [7, 11) is 1.91. The van der Waals surface area contributed by atoms with Crippen molar-refractivity contribution >= 4 is 52.3 Å². The lowest BCUT2D eigenvalue weighted by molar-refractivity contribution is -0.118. The minimum Gasteiger partial charge on any atom is -0.355 e. The third-order valence-corrected chi connectivity index (χ3v) is 13.1. The number of amides is 3. The van der Waals surface area contributed by atoms with Crippen molar-refractivity contribution in [2.45, 2.75) is 83.8 Å². The Labute approximate surface area is 331 Å². The van der Waals surface area contributed by atoms with Crippen molar-refractivity contribution in [2.75, 3.05) is 36.8 Å². The first-order valence-electron chi connectivity index (χ1n) is 19.6. The monoisotopic (exact) mass is 785 g/mol. The fourth-order valence-electron chi connectivity index (χ4n) is 9.36. The molecule has 1 unspecified atom stereocenters. The second-order valence-corrected chi connectivity index (χ2v) is 16.6. The molecule has 2 fully saturated rings. The van der Waals surface area contributed by atoms with Gasteiger partial charge in [0.05, 0.1) is 32.8 Å². The molecule has 2 aromatic carbocycles. The molecule has 2 aliphatic carbocycles. The fraction of sp³-hybridized carbons (Fsp3) is 0.488. The summed E-state index contributed by atoms with van der Waals surface area (Å²) in [6.45, 7) is 6.17. The van der Waals surface area contributed by atoms with Gasteiger partial charge in [0.15, 0.2) is 11.5 Å². The minimum atomic E-state index is -0.383. The molecule has 2 saturated carbocycles. The van der Waals surface area contributed by atoms with Crippen LogP contribution in [0, 0.1) is 11.3 Å². The lowest BCUT2D eigenvalue weighted by atomic mass is 9.81. The van der Waals surface area contributed by atoms with Crippen molar-refractivity contribution in [3.05, 3.63) is 81.1 Å². The van der Waals surface area contributed by atoms with E-state index in [-0.39, 0.29) is 29.5 Å². The highest BCUT2D eigenvalue weighted by Crippen LogP contribution is 2.56. The Hall–Kier alpha value is -4.23. The van der Waals surface area contributed by atoms with Crippen LogP contribution >= 0.6 is 23.2 Å². The van der Waals surface area contributed by atoms with Crippen LogP contribution in [0.4, 0.5) is 11.4 Å². The molecule has 2 aliphatic heterocycles. The first-order chi connectivity index (χ1) is 26.6. The van der Waals surface area contributed by atoms with Gasteiger partial charge in [-0.2, -0.15) is 5.10 Å². The molecule has 14 heteroatoms. The molecule has 4 N–H and O–H groups in total. The summed E-state index contributed by atoms with van der Waals surface area (Å²) in [4.78, 5) is 45.8. The van der Waals surface area contributed by atoms with Gasteiger partial charge in [-0.1, -0.05) is 47.5 Å². The number of halogens is 2. The summed E-state index contributed by atoms with van der Waals surface area (Å²) < 4.78 is 3.78. The number of carbonyl (C=O) groups is 3. The quantitative estimate of drug-likeness (QED) is 0.114. The van der Waals surface area contributed by atoms with Crippen molar-refractivity contribution in [1.82, 2.24) is 34.9 Å². The average molecular weight is 787 g/mol. The Morgan fingerprint density at radius 1 is 0.927 bits per heavy atom. The Kier molecular flexibility index (Phi) is 10.8. The number of nitrogens with one attached hydrogen (secondary N) is 4. The Morgan fingerprint density at radius 3 is 2.31 bits per heavy atom. The van der Waals surface area contributed by atoms with Gasteiger partial charge in [-0.15, -0.1) is 0 Å². The van der Waals surface area contributed by atoms with E-state index in [0.29, 0.717) is 56.9 Å². The zero-order chi connectivity index (χ0) is 38.3. The highest BCUT2D eigenvalue weighted by atomic mass is 35.5. The normalized spacial score (nSPS) is 21.6. The van der Waals surface area contributed by atoms with Gasteiger partial charge in [0.25, 0.3) is 11.8 Å². The van der Waals surface area contributed by atoms with Crippen molar-refractivity contribution in [3.63, 3.8) is 0 Å². The second kappa shape index (κ2) is 15.7. The molecule has 4 aromatic rings. The Bertz CT molecular complexity index is 2120. The number of carbonyl (C=O) groups excluding carboxylic acids is 3. The summed E-state index contributed by atoms with van der Waals surface area (Å²) in [6, 6.07) is 12.6. The number of nitrogens with zero attached hydrogens (tertiary/aromatic N) is 5. The molecular weight excluding hydrogens is 737 g/mol. The van der Waals surface area contributed by atoms with Gasteiger partial charge in [-0.05, 0) is 87.4 Å². The van der Waals surface area contributed by atoms with Crippen LogP contribution in [-0.2, 0) is 31.4 Å². The first kappa shape index (κ1) is 37.7. The van der Waals surface area contributed by atoms with E-state index in [9.17, 15) is 14.4 Å². The number of aromatic nitrogens is 4. The van der Waals surface area contributed by atoms with E-state index in [0.717, 1.165) is 68.4 Å². The lowest BCUT2D eigenvalue weighted by Gasteiger charge is -2.32. The molecule has 2 aromatic heterocycles. The number of rotatable bonds is 12. The van der Waals surface area contributed by atoms with Gasteiger partial charge in [0.2, 0.25) is 5.91 Å². The number of hydrogen-bond acceptors (Lipinski definition) is 7. The SMILES string of the molecule is CC(=O)NCCNC1CCCn2nc(C(=O)Nc3cccc(-c4cccc(NC(=O)c5nc6c(n5C)CCN(CCC57CCC(CC5)C7)C6)c4Cl)c3Cl)cc21. The number of hydrogen-bond donors (Lipinski definition) is 4. The summed E-state index contributed by atoms with van der Waals surface area (Å²) in [5.41, 5.74) is 5.92. The van der Waals surface area contributed by atoms with E-state index in [2.05, 4.69) is 31.3 Å². The number of anilines is 2. The molecule has 1 atom stereocenters. The molecule has 3 amide bonds. The van der Waals surface area contributed by atoms with Gasteiger partial charge in [0, 0.05) is 76.0 Å². The van der Waals surface area contributed by atoms with Gasteiger partial charge in [-0.3, -0.25) is 24.0 Å². The Balaban J connectivity index is 0.931. The molecule has 4 aliphatic rings. The topological polar surface area (TPSA) is 138 Å². The number of imidazole rings is 1. The van der Waals surface area contributed by atoms with Crippen molar-refractivity contribution < 1.29 is 14.4 Å². The molecule has 12 nitrogen and oxygen atoms in total. The molecular formula is C41H49Cl2N9O3. The van der Waals surface area contributed by atoms with Crippen LogP contribution in [0.1, 0.15) is 103 Å². The molecule has 0 spiro atoms. The third kappa shape index (κ3) is 7.79. The highest BCUT2D eigenvalue weighted by Gasteiger charge is 2.44. The maximum Gasteiger partial charge on any atom is 0.291 e. The van der Waals surface area contributed by atoms with Gasteiger partial charge < -0.3 is 25.8 Å². The van der Waals surface area contributed by atoms with E-state index in [4.69, 9.17) is 28.2 Å². The summed E-state index contributed by atoms with van der Waals surface area (Å²) in [6.07, 6.45) is 11.0. The average Bonchev–Trinajstić information content (AvgIpc) is 3.97. The summed E-state index contributed by atoms with van der Waals surface area (Å²) in [5.74, 6) is 0.535. The van der Waals surface area contributed by atoms with E-state index < -0.39 is 0 Å². The predicted molar refractivity (Wildman–Crippen MR) is 215 cm³/mol. The maximum absolute atomic E-state index is 13.7. The highest BCUT2D eigenvalue weighted by molar-refractivity contribution is 6.40. The van der Waals surface area contributed by atoms with E-state index in [1.54, 1.807) is 24.3 Å². The molecule has 0 radical (unpaired) electrons. The molecule has 8 rings (SSSR count). The first-order valence-corrected chi connectivity index (χ1v) is 20.4. The van der Waals surface area contributed by atoms with Crippen molar-refractivity contribution in [3.8, 4) is 11.1 Å².